The highest BCUT2D eigenvalue weighted by atomic mass is 16.2. The van der Waals surface area contributed by atoms with Crippen LogP contribution in [-0.4, -0.2) is 42.0 Å². The zero-order valence-corrected chi connectivity index (χ0v) is 15.4. The molecule has 1 aliphatic heterocycles. The Morgan fingerprint density at radius 3 is 2.85 bits per heavy atom. The fraction of sp³-hybridized carbons (Fsp3) is 0.368. The van der Waals surface area contributed by atoms with Crippen LogP contribution < -0.4 is 5.69 Å². The maximum Gasteiger partial charge on any atom is 0.345 e. The van der Waals surface area contributed by atoms with Crippen molar-refractivity contribution in [2.45, 2.75) is 25.9 Å². The first-order chi connectivity index (χ1) is 13.0. The minimum atomic E-state index is -0.200. The number of aromatic nitrogens is 5. The van der Waals surface area contributed by atoms with Crippen LogP contribution in [0.2, 0.25) is 0 Å². The molecule has 140 valence electrons. The number of hydrogen-bond donors (Lipinski definition) is 0. The molecule has 0 N–H and O–H groups in total. The molecule has 4 rings (SSSR count). The number of rotatable bonds is 4. The Balaban J connectivity index is 1.44. The third kappa shape index (κ3) is 3.30. The van der Waals surface area contributed by atoms with Gasteiger partial charge in [-0.25, -0.2) is 14.2 Å². The maximum absolute atomic E-state index is 12.9. The van der Waals surface area contributed by atoms with Crippen molar-refractivity contribution in [3.8, 4) is 5.69 Å². The molecule has 8 heteroatoms. The number of amides is 1. The van der Waals surface area contributed by atoms with Crippen molar-refractivity contribution in [2.75, 3.05) is 7.05 Å². The van der Waals surface area contributed by atoms with E-state index in [-0.39, 0.29) is 17.5 Å². The van der Waals surface area contributed by atoms with Gasteiger partial charge in [0.25, 0.3) is 0 Å². The van der Waals surface area contributed by atoms with Crippen molar-refractivity contribution >= 4 is 5.91 Å². The second-order valence-corrected chi connectivity index (χ2v) is 6.99. The summed E-state index contributed by atoms with van der Waals surface area (Å²) in [6.45, 7) is 0.880. The summed E-state index contributed by atoms with van der Waals surface area (Å²) in [6.07, 6.45) is 5.07. The summed E-state index contributed by atoms with van der Waals surface area (Å²) in [7, 11) is 3.44. The lowest BCUT2D eigenvalue weighted by Crippen LogP contribution is -2.39. The fourth-order valence-electron chi connectivity index (χ4n) is 3.57. The second kappa shape index (κ2) is 6.86. The third-order valence-electron chi connectivity index (χ3n) is 5.01. The number of carbonyl (C=O) groups excluding carboxylic acids is 1. The Morgan fingerprint density at radius 1 is 1.30 bits per heavy atom. The van der Waals surface area contributed by atoms with Crippen molar-refractivity contribution in [2.24, 2.45) is 13.0 Å². The SMILES string of the molecule is CN(Cc1cnn(-c2ccccc2)c1)C(=O)[C@@H]1CCc2nn(C)c(=O)n2C1. The number of para-hydroxylation sites is 1. The van der Waals surface area contributed by atoms with Crippen molar-refractivity contribution in [3.63, 3.8) is 0 Å². The molecule has 2 aromatic heterocycles. The Labute approximate surface area is 156 Å². The third-order valence-corrected chi connectivity index (χ3v) is 5.01. The standard InChI is InChI=1S/C19H22N6O2/c1-22(11-14-10-20-25(12-14)16-6-4-3-5-7-16)18(26)15-8-9-17-21-23(2)19(27)24(17)13-15/h3-7,10,12,15H,8-9,11,13H2,1-2H3/t15-/m1/s1. The summed E-state index contributed by atoms with van der Waals surface area (Å²) >= 11 is 0. The molecule has 0 spiro atoms. The zero-order valence-electron chi connectivity index (χ0n) is 15.4. The number of nitrogens with zero attached hydrogens (tertiary/aromatic N) is 6. The average molecular weight is 366 g/mol. The van der Waals surface area contributed by atoms with Gasteiger partial charge in [-0.15, -0.1) is 0 Å². The molecule has 0 radical (unpaired) electrons. The van der Waals surface area contributed by atoms with E-state index in [0.717, 1.165) is 17.1 Å². The molecule has 0 aliphatic carbocycles. The number of carbonyl (C=O) groups is 1. The van der Waals surface area contributed by atoms with E-state index >= 15 is 0 Å². The monoisotopic (exact) mass is 366 g/mol. The average Bonchev–Trinajstić information content (AvgIpc) is 3.26. The fourth-order valence-corrected chi connectivity index (χ4v) is 3.57. The molecule has 0 saturated carbocycles. The highest BCUT2D eigenvalue weighted by Crippen LogP contribution is 2.20. The Morgan fingerprint density at radius 2 is 2.07 bits per heavy atom. The predicted octanol–water partition coefficient (Wildman–Crippen LogP) is 0.988. The zero-order chi connectivity index (χ0) is 19.0. The topological polar surface area (TPSA) is 78.0 Å². The first kappa shape index (κ1) is 17.3. The molecule has 1 aliphatic rings. The number of aryl methyl sites for hydroxylation is 2. The van der Waals surface area contributed by atoms with E-state index in [1.54, 1.807) is 34.4 Å². The minimum absolute atomic E-state index is 0.0452. The van der Waals surface area contributed by atoms with Gasteiger partial charge in [0.1, 0.15) is 5.82 Å². The van der Waals surface area contributed by atoms with Gasteiger partial charge < -0.3 is 4.90 Å². The molecular formula is C19H22N6O2. The highest BCUT2D eigenvalue weighted by Gasteiger charge is 2.29. The van der Waals surface area contributed by atoms with Crippen LogP contribution in [0.15, 0.2) is 47.5 Å². The van der Waals surface area contributed by atoms with Gasteiger partial charge in [0, 0.05) is 45.4 Å². The van der Waals surface area contributed by atoms with E-state index in [2.05, 4.69) is 10.2 Å². The van der Waals surface area contributed by atoms with Crippen LogP contribution in [-0.2, 0) is 31.4 Å². The number of fused-ring (bicyclic) bond motifs is 1. The first-order valence-corrected chi connectivity index (χ1v) is 8.99. The summed E-state index contributed by atoms with van der Waals surface area (Å²) < 4.78 is 4.76. The summed E-state index contributed by atoms with van der Waals surface area (Å²) in [5.41, 5.74) is 1.78. The van der Waals surface area contributed by atoms with Gasteiger partial charge in [-0.3, -0.25) is 9.36 Å². The lowest BCUT2D eigenvalue weighted by atomic mass is 9.98. The molecule has 0 unspecified atom stereocenters. The second-order valence-electron chi connectivity index (χ2n) is 6.99. The molecule has 3 heterocycles. The van der Waals surface area contributed by atoms with Crippen LogP contribution in [0.5, 0.6) is 0 Å². The maximum atomic E-state index is 12.9. The molecule has 1 atom stereocenters. The van der Waals surface area contributed by atoms with Crippen LogP contribution in [0, 0.1) is 5.92 Å². The first-order valence-electron chi connectivity index (χ1n) is 8.99. The quantitative estimate of drug-likeness (QED) is 0.690. The molecule has 3 aromatic rings. The van der Waals surface area contributed by atoms with E-state index in [1.807, 2.05) is 36.5 Å². The summed E-state index contributed by atoms with van der Waals surface area (Å²) in [4.78, 5) is 26.7. The lowest BCUT2D eigenvalue weighted by molar-refractivity contribution is -0.135. The smallest absolute Gasteiger partial charge is 0.341 e. The van der Waals surface area contributed by atoms with Gasteiger partial charge in [-0.1, -0.05) is 18.2 Å². The Bertz CT molecular complexity index is 1020. The molecule has 27 heavy (non-hydrogen) atoms. The van der Waals surface area contributed by atoms with Crippen LogP contribution in [0.4, 0.5) is 0 Å². The van der Waals surface area contributed by atoms with Gasteiger partial charge >= 0.3 is 5.69 Å². The van der Waals surface area contributed by atoms with Crippen LogP contribution in [0.3, 0.4) is 0 Å². The molecule has 0 bridgehead atoms. The van der Waals surface area contributed by atoms with Crippen molar-refractivity contribution in [3.05, 3.63) is 64.6 Å². The van der Waals surface area contributed by atoms with Crippen LogP contribution in [0.1, 0.15) is 17.8 Å². The molecular weight excluding hydrogens is 344 g/mol. The minimum Gasteiger partial charge on any atom is -0.341 e. The van der Waals surface area contributed by atoms with Gasteiger partial charge in [-0.2, -0.15) is 10.2 Å². The normalized spacial score (nSPS) is 16.1. The highest BCUT2D eigenvalue weighted by molar-refractivity contribution is 5.78. The van der Waals surface area contributed by atoms with E-state index in [4.69, 9.17) is 0 Å². The lowest BCUT2D eigenvalue weighted by Gasteiger charge is -2.26. The van der Waals surface area contributed by atoms with Crippen LogP contribution >= 0.6 is 0 Å². The molecule has 8 nitrogen and oxygen atoms in total. The van der Waals surface area contributed by atoms with Crippen molar-refractivity contribution in [1.29, 1.82) is 0 Å². The summed E-state index contributed by atoms with van der Waals surface area (Å²) in [5, 5.41) is 8.60. The molecule has 1 aromatic carbocycles. The van der Waals surface area contributed by atoms with Gasteiger partial charge in [0.2, 0.25) is 5.91 Å². The largest absolute Gasteiger partial charge is 0.345 e. The Hall–Kier alpha value is -3.16. The van der Waals surface area contributed by atoms with E-state index < -0.39 is 0 Å². The number of hydrogen-bond acceptors (Lipinski definition) is 4. The predicted molar refractivity (Wildman–Crippen MR) is 99.3 cm³/mol. The number of benzene rings is 1. The van der Waals surface area contributed by atoms with Crippen LogP contribution in [0.25, 0.3) is 5.69 Å². The summed E-state index contributed by atoms with van der Waals surface area (Å²) in [5.74, 6) is 0.607. The van der Waals surface area contributed by atoms with Crippen molar-refractivity contribution < 1.29 is 4.79 Å². The Kier molecular flexibility index (Phi) is 4.39. The van der Waals surface area contributed by atoms with E-state index in [9.17, 15) is 9.59 Å². The summed E-state index contributed by atoms with van der Waals surface area (Å²) in [6, 6.07) is 9.85. The molecule has 0 fully saturated rings. The van der Waals surface area contributed by atoms with E-state index in [0.29, 0.717) is 25.9 Å². The van der Waals surface area contributed by atoms with Crippen molar-refractivity contribution in [1.82, 2.24) is 29.0 Å². The van der Waals surface area contributed by atoms with Gasteiger partial charge in [0.05, 0.1) is 17.8 Å². The molecule has 1 amide bonds. The van der Waals surface area contributed by atoms with Gasteiger partial charge in [-0.05, 0) is 18.6 Å². The van der Waals surface area contributed by atoms with E-state index in [1.165, 1.54) is 4.68 Å². The molecule has 0 saturated heterocycles. The van der Waals surface area contributed by atoms with Gasteiger partial charge in [0.15, 0.2) is 0 Å².